The Hall–Kier alpha value is -5.89. The molecular weight excluding hydrogens is 949 g/mol. The SMILES string of the molecule is CCCCCCCCCCCCCCCC(=O)N(C)[C@H](CO)C(=O)N[C@H](C)C(=O)CCC(=O)N(C)[C@@H]1C(=O)C[C@@H](C)C(=O)N[C@H](C(=O)N[C@@H](C)C(=O)NS(C)(=O)=O)Cc2ccc(O)c(c2)-c2cc1ccc2O. The highest BCUT2D eigenvalue weighted by molar-refractivity contribution is 7.89. The lowest BCUT2D eigenvalue weighted by atomic mass is 9.89. The number of carbonyl (C=O) groups excluding carboxylic acids is 8. The van der Waals surface area contributed by atoms with Crippen molar-refractivity contribution in [1.29, 1.82) is 0 Å². The summed E-state index contributed by atoms with van der Waals surface area (Å²) < 4.78 is 25.1. The number of Topliss-reactive ketones (excluding diaryl/α,β-unsaturated/α-hetero) is 2. The second-order valence-corrected chi connectivity index (χ2v) is 21.0. The van der Waals surface area contributed by atoms with Gasteiger partial charge in [-0.1, -0.05) is 103 Å². The molecule has 4 bridgehead atoms. The highest BCUT2D eigenvalue weighted by Crippen LogP contribution is 2.39. The Labute approximate surface area is 424 Å². The van der Waals surface area contributed by atoms with Crippen molar-refractivity contribution in [3.05, 3.63) is 47.5 Å². The van der Waals surface area contributed by atoms with Crippen LogP contribution in [0.15, 0.2) is 36.4 Å². The number of carbonyl (C=O) groups is 8. The number of fused-ring (bicyclic) bond motifs is 5. The molecule has 0 spiro atoms. The summed E-state index contributed by atoms with van der Waals surface area (Å²) in [5.74, 6) is -7.27. The molecule has 2 aromatic carbocycles. The molecule has 0 fully saturated rings. The Balaban J connectivity index is 1.68. The zero-order valence-electron chi connectivity index (χ0n) is 43.1. The molecule has 1 heterocycles. The quantitative estimate of drug-likeness (QED) is 0.0602. The van der Waals surface area contributed by atoms with Crippen LogP contribution in [-0.2, 0) is 54.8 Å². The third kappa shape index (κ3) is 19.3. The van der Waals surface area contributed by atoms with Gasteiger partial charge < -0.3 is 41.1 Å². The molecule has 7 N–H and O–H groups in total. The lowest BCUT2D eigenvalue weighted by molar-refractivity contribution is -0.142. The molecule has 0 aliphatic carbocycles. The largest absolute Gasteiger partial charge is 0.507 e. The van der Waals surface area contributed by atoms with Gasteiger partial charge in [-0.05, 0) is 55.7 Å². The number of amides is 6. The summed E-state index contributed by atoms with van der Waals surface area (Å²) in [5, 5.41) is 39.7. The number of aromatic hydroxyl groups is 2. The maximum absolute atomic E-state index is 14.3. The predicted octanol–water partition coefficient (Wildman–Crippen LogP) is 4.64. The second kappa shape index (κ2) is 29.6. The maximum Gasteiger partial charge on any atom is 0.255 e. The zero-order chi connectivity index (χ0) is 53.7. The number of sulfonamides is 1. The standard InChI is InChI=1S/C52H78N6O13S/c1-8-9-10-11-12-13-14-15-16-17-18-19-20-21-46(64)57(5)41(32-59)52(69)53-34(3)42(60)26-27-47(65)58(6)48-37-23-25-44(62)39(31-37)38-29-36(22-24-43(38)61)30-40(55-49(66)33(2)28-45(48)63)51(68)54-35(4)50(67)56-72(7,70)71/h22-25,29,31,33-35,40-41,48,59,61-62H,8-21,26-28,30,32H2,1-7H3,(H,53,69)(H,54,68)(H,55,66)(H,56,67)/t33-,34-,35+,40+,41-,48+/m1/s1. The molecule has 1 aliphatic heterocycles. The first-order chi connectivity index (χ1) is 34.0. The highest BCUT2D eigenvalue weighted by Gasteiger charge is 2.35. The molecule has 6 atom stereocenters. The maximum atomic E-state index is 14.3. The third-order valence-corrected chi connectivity index (χ3v) is 13.7. The topological polar surface area (TPSA) is 286 Å². The number of benzene rings is 2. The van der Waals surface area contributed by atoms with Gasteiger partial charge in [0.05, 0.1) is 18.9 Å². The van der Waals surface area contributed by atoms with Crippen molar-refractivity contribution in [3.8, 4) is 22.6 Å². The van der Waals surface area contributed by atoms with Crippen molar-refractivity contribution in [1.82, 2.24) is 30.5 Å². The van der Waals surface area contributed by atoms with Gasteiger partial charge in [0, 0.05) is 63.2 Å². The summed E-state index contributed by atoms with van der Waals surface area (Å²) in [7, 11) is -1.21. The summed E-state index contributed by atoms with van der Waals surface area (Å²) in [5.41, 5.74) is 0.707. The number of likely N-dealkylation sites (N-methyl/N-ethyl adjacent to an activating group) is 2. The number of phenols is 2. The van der Waals surface area contributed by atoms with Crippen LogP contribution in [0.1, 0.15) is 154 Å². The minimum absolute atomic E-state index is 0.0552. The van der Waals surface area contributed by atoms with E-state index in [0.29, 0.717) is 12.0 Å². The Morgan fingerprint density at radius 2 is 1.28 bits per heavy atom. The highest BCUT2D eigenvalue weighted by atomic mass is 32.2. The number of aliphatic hydroxyl groups is 1. The molecular formula is C52H78N6O13S. The van der Waals surface area contributed by atoms with Crippen LogP contribution in [0.5, 0.6) is 11.5 Å². The fraction of sp³-hybridized carbons (Fsp3) is 0.615. The van der Waals surface area contributed by atoms with E-state index in [1.165, 1.54) is 134 Å². The first kappa shape index (κ1) is 60.4. The van der Waals surface area contributed by atoms with Crippen LogP contribution in [0.25, 0.3) is 11.1 Å². The van der Waals surface area contributed by atoms with Crippen molar-refractivity contribution >= 4 is 57.0 Å². The van der Waals surface area contributed by atoms with E-state index >= 15 is 0 Å². The fourth-order valence-corrected chi connectivity index (χ4v) is 9.13. The summed E-state index contributed by atoms with van der Waals surface area (Å²) in [6.45, 7) is 5.62. The minimum atomic E-state index is -3.96. The molecule has 0 saturated heterocycles. The van der Waals surface area contributed by atoms with Gasteiger partial charge in [0.1, 0.15) is 35.7 Å². The molecule has 1 aliphatic rings. The van der Waals surface area contributed by atoms with Gasteiger partial charge in [-0.25, -0.2) is 8.42 Å². The van der Waals surface area contributed by atoms with E-state index in [0.717, 1.165) is 30.4 Å². The van der Waals surface area contributed by atoms with E-state index in [4.69, 9.17) is 0 Å². The normalized spacial score (nSPS) is 17.3. The first-order valence-corrected chi connectivity index (χ1v) is 27.1. The summed E-state index contributed by atoms with van der Waals surface area (Å²) >= 11 is 0. The molecule has 20 heteroatoms. The van der Waals surface area contributed by atoms with Crippen LogP contribution in [0, 0.1) is 5.92 Å². The van der Waals surface area contributed by atoms with Gasteiger partial charge in [-0.2, -0.15) is 0 Å². The summed E-state index contributed by atoms with van der Waals surface area (Å²) in [6.07, 6.45) is 14.5. The molecule has 0 saturated carbocycles. The van der Waals surface area contributed by atoms with Crippen molar-refractivity contribution in [3.63, 3.8) is 0 Å². The van der Waals surface area contributed by atoms with Crippen LogP contribution in [0.3, 0.4) is 0 Å². The van der Waals surface area contributed by atoms with Crippen molar-refractivity contribution in [2.45, 2.75) is 173 Å². The van der Waals surface area contributed by atoms with E-state index in [9.17, 15) is 62.1 Å². The van der Waals surface area contributed by atoms with Crippen LogP contribution >= 0.6 is 0 Å². The van der Waals surface area contributed by atoms with Crippen molar-refractivity contribution in [2.24, 2.45) is 5.92 Å². The predicted molar refractivity (Wildman–Crippen MR) is 272 cm³/mol. The lowest BCUT2D eigenvalue weighted by Crippen LogP contribution is -2.54. The number of unbranched alkanes of at least 4 members (excludes halogenated alkanes) is 12. The third-order valence-electron chi connectivity index (χ3n) is 13.1. The Morgan fingerprint density at radius 1 is 0.722 bits per heavy atom. The van der Waals surface area contributed by atoms with E-state index in [2.05, 4.69) is 22.9 Å². The molecule has 6 amide bonds. The van der Waals surface area contributed by atoms with Gasteiger partial charge in [-0.3, -0.25) is 43.1 Å². The molecule has 3 rings (SSSR count). The summed E-state index contributed by atoms with van der Waals surface area (Å²) in [4.78, 5) is 110. The second-order valence-electron chi connectivity index (χ2n) is 19.2. The molecule has 19 nitrogen and oxygen atoms in total. The smallest absolute Gasteiger partial charge is 0.255 e. The number of ketones is 2. The zero-order valence-corrected chi connectivity index (χ0v) is 43.9. The average molecular weight is 1030 g/mol. The number of hydrogen-bond donors (Lipinski definition) is 7. The average Bonchev–Trinajstić information content (AvgIpc) is 3.32. The van der Waals surface area contributed by atoms with E-state index < -0.39 is 107 Å². The Kier molecular flexibility index (Phi) is 24.8. The van der Waals surface area contributed by atoms with E-state index in [-0.39, 0.29) is 53.4 Å². The van der Waals surface area contributed by atoms with Crippen LogP contribution in [0.4, 0.5) is 0 Å². The van der Waals surface area contributed by atoms with Gasteiger partial charge in [0.2, 0.25) is 39.6 Å². The van der Waals surface area contributed by atoms with Crippen molar-refractivity contribution in [2.75, 3.05) is 27.0 Å². The number of aliphatic hydroxyl groups excluding tert-OH is 1. The Bertz CT molecular complexity index is 2320. The van der Waals surface area contributed by atoms with E-state index in [1.807, 2.05) is 0 Å². The molecule has 0 radical (unpaired) electrons. The Morgan fingerprint density at radius 3 is 1.85 bits per heavy atom. The van der Waals surface area contributed by atoms with Crippen LogP contribution in [-0.4, -0.2) is 132 Å². The van der Waals surface area contributed by atoms with E-state index in [1.54, 1.807) is 4.72 Å². The molecule has 0 unspecified atom stereocenters. The molecule has 2 aromatic rings. The number of rotatable bonds is 27. The van der Waals surface area contributed by atoms with Gasteiger partial charge in [-0.15, -0.1) is 0 Å². The number of nitrogens with zero attached hydrogens (tertiary/aromatic N) is 2. The number of phenolic OH excluding ortho intramolecular Hbond substituents is 2. The summed E-state index contributed by atoms with van der Waals surface area (Å²) in [6, 6.07) is 1.81. The number of hydrogen-bond acceptors (Lipinski definition) is 13. The minimum Gasteiger partial charge on any atom is -0.507 e. The van der Waals surface area contributed by atoms with Crippen LogP contribution < -0.4 is 20.7 Å². The monoisotopic (exact) mass is 1030 g/mol. The number of nitrogens with one attached hydrogen (secondary N) is 4. The van der Waals surface area contributed by atoms with Gasteiger partial charge in [0.15, 0.2) is 11.6 Å². The van der Waals surface area contributed by atoms with Crippen molar-refractivity contribution < 1.29 is 62.1 Å². The van der Waals surface area contributed by atoms with Crippen LogP contribution in [0.2, 0.25) is 0 Å². The van der Waals surface area contributed by atoms with Gasteiger partial charge in [0.25, 0.3) is 5.91 Å². The van der Waals surface area contributed by atoms with Gasteiger partial charge >= 0.3 is 0 Å². The lowest BCUT2D eigenvalue weighted by Gasteiger charge is -2.30. The molecule has 72 heavy (non-hydrogen) atoms. The molecule has 0 aromatic heterocycles. The first-order valence-electron chi connectivity index (χ1n) is 25.2. The fourth-order valence-electron chi connectivity index (χ4n) is 8.59. The molecule has 400 valence electrons.